The Balaban J connectivity index is 1.73. The number of rotatable bonds is 10. The maximum Gasteiger partial charge on any atom is 0.330 e. The third-order valence-corrected chi connectivity index (χ3v) is 3.87. The van der Waals surface area contributed by atoms with Crippen LogP contribution in [0, 0.1) is 0 Å². The zero-order valence-corrected chi connectivity index (χ0v) is 16.8. The summed E-state index contributed by atoms with van der Waals surface area (Å²) in [5, 5.41) is 9.81. The van der Waals surface area contributed by atoms with Crippen LogP contribution in [0.5, 0.6) is 11.5 Å². The van der Waals surface area contributed by atoms with Crippen LogP contribution in [-0.4, -0.2) is 50.6 Å². The van der Waals surface area contributed by atoms with E-state index in [9.17, 15) is 14.7 Å². The average molecular weight is 412 g/mol. The third kappa shape index (κ3) is 7.81. The van der Waals surface area contributed by atoms with Crippen LogP contribution in [0.25, 0.3) is 12.2 Å². The maximum atomic E-state index is 11.8. The topological polar surface area (TPSA) is 91.3 Å². The van der Waals surface area contributed by atoms with Crippen LogP contribution in [0.15, 0.2) is 60.7 Å². The first-order valence-corrected chi connectivity index (χ1v) is 9.16. The van der Waals surface area contributed by atoms with E-state index in [4.69, 9.17) is 18.9 Å². The van der Waals surface area contributed by atoms with E-state index >= 15 is 0 Å². The van der Waals surface area contributed by atoms with E-state index in [1.54, 1.807) is 30.4 Å². The van der Waals surface area contributed by atoms with Gasteiger partial charge in [-0.15, -0.1) is 0 Å². The predicted octanol–water partition coefficient (Wildman–Crippen LogP) is 2.88. The summed E-state index contributed by atoms with van der Waals surface area (Å²) in [6.07, 6.45) is 4.51. The number of aliphatic hydroxyl groups is 1. The molecular formula is C23H24O7. The van der Waals surface area contributed by atoms with Gasteiger partial charge in [-0.3, -0.25) is 0 Å². The summed E-state index contributed by atoms with van der Waals surface area (Å²) < 4.78 is 20.2. The fraction of sp³-hybridized carbons (Fsp3) is 0.217. The van der Waals surface area contributed by atoms with Gasteiger partial charge in [0.25, 0.3) is 0 Å². The molecule has 2 rings (SSSR count). The van der Waals surface area contributed by atoms with Gasteiger partial charge in [0.15, 0.2) is 11.5 Å². The number of ether oxygens (including phenoxy) is 4. The maximum absolute atomic E-state index is 11.8. The zero-order valence-electron chi connectivity index (χ0n) is 16.8. The lowest BCUT2D eigenvalue weighted by Gasteiger charge is -2.10. The van der Waals surface area contributed by atoms with E-state index in [0.717, 1.165) is 5.56 Å². The molecule has 0 aromatic heterocycles. The number of carbonyl (C=O) groups is 2. The smallest absolute Gasteiger partial charge is 0.330 e. The van der Waals surface area contributed by atoms with E-state index in [1.165, 1.54) is 26.4 Å². The van der Waals surface area contributed by atoms with Crippen LogP contribution in [0.2, 0.25) is 0 Å². The Labute approximate surface area is 175 Å². The lowest BCUT2D eigenvalue weighted by molar-refractivity contribution is -0.146. The summed E-state index contributed by atoms with van der Waals surface area (Å²) in [6.45, 7) is -0.588. The highest BCUT2D eigenvalue weighted by atomic mass is 16.6. The molecule has 0 radical (unpaired) electrons. The minimum atomic E-state index is -1.13. The summed E-state index contributed by atoms with van der Waals surface area (Å²) in [4.78, 5) is 23.5. The molecule has 1 N–H and O–H groups in total. The van der Waals surface area contributed by atoms with Crippen LogP contribution in [-0.2, 0) is 19.1 Å². The van der Waals surface area contributed by atoms with E-state index in [0.29, 0.717) is 17.1 Å². The van der Waals surface area contributed by atoms with Crippen molar-refractivity contribution in [3.63, 3.8) is 0 Å². The molecule has 2 aromatic rings. The van der Waals surface area contributed by atoms with Gasteiger partial charge in [-0.25, -0.2) is 9.59 Å². The summed E-state index contributed by atoms with van der Waals surface area (Å²) in [7, 11) is 3.05. The van der Waals surface area contributed by atoms with E-state index in [2.05, 4.69) is 0 Å². The first kappa shape index (κ1) is 22.7. The van der Waals surface area contributed by atoms with E-state index in [1.807, 2.05) is 30.3 Å². The molecule has 2 aromatic carbocycles. The Morgan fingerprint density at radius 2 is 1.40 bits per heavy atom. The van der Waals surface area contributed by atoms with Gasteiger partial charge in [-0.05, 0) is 35.4 Å². The van der Waals surface area contributed by atoms with Gasteiger partial charge in [0.1, 0.15) is 19.3 Å². The molecule has 0 heterocycles. The van der Waals surface area contributed by atoms with Crippen LogP contribution in [0.1, 0.15) is 11.1 Å². The Bertz CT molecular complexity index is 888. The Morgan fingerprint density at radius 1 is 0.833 bits per heavy atom. The SMILES string of the molecule is COc1ccc(C=CC(=O)OCC(O)COC(=O)/C=C/c2ccccc2)cc1OC. The molecule has 0 amide bonds. The van der Waals surface area contributed by atoms with Crippen molar-refractivity contribution in [2.75, 3.05) is 27.4 Å². The van der Waals surface area contributed by atoms with Crippen molar-refractivity contribution in [1.82, 2.24) is 0 Å². The molecule has 7 nitrogen and oxygen atoms in total. The summed E-state index contributed by atoms with van der Waals surface area (Å²) in [5.74, 6) is -0.128. The molecule has 158 valence electrons. The normalized spacial score (nSPS) is 12.0. The van der Waals surface area contributed by atoms with Crippen molar-refractivity contribution in [2.24, 2.45) is 0 Å². The minimum Gasteiger partial charge on any atom is -0.493 e. The molecule has 30 heavy (non-hydrogen) atoms. The van der Waals surface area contributed by atoms with Crippen LogP contribution >= 0.6 is 0 Å². The summed E-state index contributed by atoms with van der Waals surface area (Å²) in [5.41, 5.74) is 1.56. The first-order valence-electron chi connectivity index (χ1n) is 9.16. The standard InChI is InChI=1S/C23H24O7/c1-27-20-11-8-18(14-21(20)28-2)10-13-23(26)30-16-19(24)15-29-22(25)12-9-17-6-4-3-5-7-17/h3-14,19,24H,15-16H2,1-2H3/b12-9+,13-10?. The molecule has 0 aliphatic rings. The van der Waals surface area contributed by atoms with Gasteiger partial charge >= 0.3 is 11.9 Å². The number of hydrogen-bond acceptors (Lipinski definition) is 7. The molecule has 0 aliphatic heterocycles. The lowest BCUT2D eigenvalue weighted by Crippen LogP contribution is -2.24. The molecule has 0 saturated carbocycles. The van der Waals surface area contributed by atoms with Crippen LogP contribution in [0.4, 0.5) is 0 Å². The fourth-order valence-electron chi connectivity index (χ4n) is 2.35. The van der Waals surface area contributed by atoms with Gasteiger partial charge in [0.2, 0.25) is 0 Å². The highest BCUT2D eigenvalue weighted by Crippen LogP contribution is 2.27. The summed E-state index contributed by atoms with van der Waals surface area (Å²) >= 11 is 0. The number of benzene rings is 2. The molecule has 0 aliphatic carbocycles. The Kier molecular flexibility index (Phi) is 9.15. The molecule has 0 spiro atoms. The third-order valence-electron chi connectivity index (χ3n) is 3.87. The number of esters is 2. The predicted molar refractivity (Wildman–Crippen MR) is 112 cm³/mol. The molecule has 7 heteroatoms. The van der Waals surface area contributed by atoms with E-state index < -0.39 is 18.0 Å². The number of methoxy groups -OCH3 is 2. The highest BCUT2D eigenvalue weighted by molar-refractivity contribution is 5.87. The quantitative estimate of drug-likeness (QED) is 0.474. The Hall–Kier alpha value is -3.58. The van der Waals surface area contributed by atoms with Crippen molar-refractivity contribution in [2.45, 2.75) is 6.10 Å². The summed E-state index contributed by atoms with van der Waals surface area (Å²) in [6, 6.07) is 14.4. The first-order chi connectivity index (χ1) is 14.5. The number of hydrogen-bond donors (Lipinski definition) is 1. The Morgan fingerprint density at radius 3 is 1.97 bits per heavy atom. The van der Waals surface area contributed by atoms with Crippen molar-refractivity contribution >= 4 is 24.1 Å². The molecule has 1 atom stereocenters. The second-order valence-corrected chi connectivity index (χ2v) is 6.11. The molecular weight excluding hydrogens is 388 g/mol. The molecule has 0 fully saturated rings. The van der Waals surface area contributed by atoms with Crippen molar-refractivity contribution in [3.05, 3.63) is 71.8 Å². The second-order valence-electron chi connectivity index (χ2n) is 6.11. The van der Waals surface area contributed by atoms with Gasteiger partial charge in [-0.1, -0.05) is 36.4 Å². The highest BCUT2D eigenvalue weighted by Gasteiger charge is 2.10. The van der Waals surface area contributed by atoms with Crippen molar-refractivity contribution in [1.29, 1.82) is 0 Å². The average Bonchev–Trinajstić information content (AvgIpc) is 2.79. The fourth-order valence-corrected chi connectivity index (χ4v) is 2.35. The van der Waals surface area contributed by atoms with Crippen molar-refractivity contribution in [3.8, 4) is 11.5 Å². The van der Waals surface area contributed by atoms with Gasteiger partial charge in [-0.2, -0.15) is 0 Å². The van der Waals surface area contributed by atoms with Crippen molar-refractivity contribution < 1.29 is 33.6 Å². The largest absolute Gasteiger partial charge is 0.493 e. The molecule has 0 bridgehead atoms. The van der Waals surface area contributed by atoms with Crippen LogP contribution in [0.3, 0.4) is 0 Å². The van der Waals surface area contributed by atoms with E-state index in [-0.39, 0.29) is 13.2 Å². The minimum absolute atomic E-state index is 0.287. The van der Waals surface area contributed by atoms with Gasteiger partial charge in [0.05, 0.1) is 14.2 Å². The second kappa shape index (κ2) is 12.1. The van der Waals surface area contributed by atoms with Gasteiger partial charge in [0, 0.05) is 12.2 Å². The molecule has 1 unspecified atom stereocenters. The number of carbonyl (C=O) groups excluding carboxylic acids is 2. The monoisotopic (exact) mass is 412 g/mol. The van der Waals surface area contributed by atoms with Crippen LogP contribution < -0.4 is 9.47 Å². The zero-order chi connectivity index (χ0) is 21.8. The lowest BCUT2D eigenvalue weighted by atomic mass is 10.2. The number of aliphatic hydroxyl groups excluding tert-OH is 1. The van der Waals surface area contributed by atoms with Gasteiger partial charge < -0.3 is 24.1 Å². The molecule has 0 saturated heterocycles.